The number of pyridine rings is 1. The van der Waals surface area contributed by atoms with Crippen LogP contribution in [0.25, 0.3) is 11.1 Å². The van der Waals surface area contributed by atoms with E-state index in [1.165, 1.54) is 18.4 Å². The molecule has 23 heavy (non-hydrogen) atoms. The molecule has 4 N–H and O–H groups in total. The number of nitrogen functional groups attached to an aromatic ring is 1. The van der Waals surface area contributed by atoms with Crippen LogP contribution in [-0.4, -0.2) is 24.1 Å². The van der Waals surface area contributed by atoms with Crippen LogP contribution >= 0.6 is 11.3 Å². The molecule has 2 aromatic rings. The Labute approximate surface area is 137 Å². The van der Waals surface area contributed by atoms with Crippen LogP contribution in [0, 0.1) is 11.3 Å². The number of hydrogen-bond acceptors (Lipinski definition) is 7. The molecule has 7 heteroatoms. The summed E-state index contributed by atoms with van der Waals surface area (Å²) in [5, 5.41) is 11.3. The summed E-state index contributed by atoms with van der Waals surface area (Å²) in [6.45, 7) is 0. The van der Waals surface area contributed by atoms with Gasteiger partial charge in [-0.1, -0.05) is 0 Å². The van der Waals surface area contributed by atoms with E-state index in [0.717, 1.165) is 35.2 Å². The molecule has 0 aliphatic heterocycles. The van der Waals surface area contributed by atoms with Gasteiger partial charge >= 0.3 is 5.97 Å². The van der Waals surface area contributed by atoms with E-state index in [4.69, 9.17) is 16.2 Å². The third kappa shape index (κ3) is 2.67. The summed E-state index contributed by atoms with van der Waals surface area (Å²) in [5.74, 6) is -0.171. The highest BCUT2D eigenvalue weighted by Gasteiger charge is 2.26. The van der Waals surface area contributed by atoms with Crippen molar-refractivity contribution in [3.8, 4) is 17.2 Å². The van der Waals surface area contributed by atoms with Gasteiger partial charge in [0.1, 0.15) is 22.3 Å². The summed E-state index contributed by atoms with van der Waals surface area (Å²) in [5.41, 5.74) is 15.8. The van der Waals surface area contributed by atoms with Crippen LogP contribution in [0.5, 0.6) is 0 Å². The second-order valence-corrected chi connectivity index (χ2v) is 6.39. The van der Waals surface area contributed by atoms with E-state index in [9.17, 15) is 10.1 Å². The van der Waals surface area contributed by atoms with E-state index in [1.54, 1.807) is 6.07 Å². The maximum absolute atomic E-state index is 11.7. The molecule has 1 aliphatic carbocycles. The highest BCUT2D eigenvalue weighted by molar-refractivity contribution is 7.12. The lowest BCUT2D eigenvalue weighted by Gasteiger charge is -2.24. The number of aromatic nitrogens is 1. The number of nitrogens with zero attached hydrogens (tertiary/aromatic N) is 2. The zero-order valence-electron chi connectivity index (χ0n) is 12.6. The number of nitriles is 1. The molecule has 1 atom stereocenters. The number of methoxy groups -OCH3 is 1. The predicted molar refractivity (Wildman–Crippen MR) is 88.0 cm³/mol. The van der Waals surface area contributed by atoms with Gasteiger partial charge in [-0.15, -0.1) is 11.3 Å². The van der Waals surface area contributed by atoms with Gasteiger partial charge in [0.25, 0.3) is 0 Å². The van der Waals surface area contributed by atoms with Crippen molar-refractivity contribution in [2.24, 2.45) is 5.73 Å². The monoisotopic (exact) mass is 328 g/mol. The number of ether oxygens (including phenoxy) is 1. The quantitative estimate of drug-likeness (QED) is 0.813. The Hall–Kier alpha value is -2.43. The van der Waals surface area contributed by atoms with Crippen LogP contribution in [0.2, 0.25) is 0 Å². The van der Waals surface area contributed by atoms with Crippen LogP contribution in [0.4, 0.5) is 5.82 Å². The first-order valence-corrected chi connectivity index (χ1v) is 8.07. The molecule has 1 unspecified atom stereocenters. The Morgan fingerprint density at radius 1 is 1.57 bits per heavy atom. The maximum Gasteiger partial charge on any atom is 0.348 e. The number of carbonyl (C=O) groups excluding carboxylic acids is 1. The molecule has 0 radical (unpaired) electrons. The number of esters is 1. The minimum absolute atomic E-state index is 0.0388. The number of carbonyl (C=O) groups is 1. The number of fused-ring (bicyclic) bond motifs is 1. The molecule has 2 heterocycles. The van der Waals surface area contributed by atoms with Gasteiger partial charge in [-0.3, -0.25) is 0 Å². The topological polar surface area (TPSA) is 115 Å². The Bertz CT molecular complexity index is 822. The number of hydrogen-bond donors (Lipinski definition) is 2. The molecule has 6 nitrogen and oxygen atoms in total. The number of thiophene rings is 1. The fourth-order valence-electron chi connectivity index (χ4n) is 2.91. The van der Waals surface area contributed by atoms with Crippen molar-refractivity contribution in [2.75, 3.05) is 12.8 Å². The summed E-state index contributed by atoms with van der Waals surface area (Å²) in [6, 6.07) is 3.91. The molecule has 0 spiro atoms. The number of aryl methyl sites for hydroxylation is 1. The van der Waals surface area contributed by atoms with Gasteiger partial charge in [-0.05, 0) is 41.8 Å². The SMILES string of the molecule is COC(=O)c1cc(-c2c(C#N)c(N)nc3c2CC(N)CC3)cs1. The van der Waals surface area contributed by atoms with Gasteiger partial charge in [0.2, 0.25) is 0 Å². The summed E-state index contributed by atoms with van der Waals surface area (Å²) in [6.07, 6.45) is 2.24. The fourth-order valence-corrected chi connectivity index (χ4v) is 3.73. The highest BCUT2D eigenvalue weighted by Crippen LogP contribution is 2.37. The Balaban J connectivity index is 2.21. The van der Waals surface area contributed by atoms with Gasteiger partial charge in [-0.25, -0.2) is 9.78 Å². The molecule has 118 valence electrons. The van der Waals surface area contributed by atoms with Crippen molar-refractivity contribution in [3.05, 3.63) is 33.1 Å². The lowest BCUT2D eigenvalue weighted by molar-refractivity contribution is 0.0606. The van der Waals surface area contributed by atoms with Crippen LogP contribution < -0.4 is 11.5 Å². The molecule has 2 aromatic heterocycles. The Morgan fingerprint density at radius 3 is 3.04 bits per heavy atom. The van der Waals surface area contributed by atoms with Crippen LogP contribution in [0.3, 0.4) is 0 Å². The average Bonchev–Trinajstić information content (AvgIpc) is 3.02. The minimum Gasteiger partial charge on any atom is -0.465 e. The van der Waals surface area contributed by atoms with Crippen molar-refractivity contribution in [2.45, 2.75) is 25.3 Å². The van der Waals surface area contributed by atoms with E-state index in [2.05, 4.69) is 11.1 Å². The average molecular weight is 328 g/mol. The van der Waals surface area contributed by atoms with E-state index < -0.39 is 5.97 Å². The third-order valence-electron chi connectivity index (χ3n) is 4.02. The van der Waals surface area contributed by atoms with Crippen molar-refractivity contribution >= 4 is 23.1 Å². The normalized spacial score (nSPS) is 16.5. The maximum atomic E-state index is 11.7. The van der Waals surface area contributed by atoms with Gasteiger partial charge in [-0.2, -0.15) is 5.26 Å². The summed E-state index contributed by atoms with van der Waals surface area (Å²) >= 11 is 1.28. The first-order valence-electron chi connectivity index (χ1n) is 7.19. The van der Waals surface area contributed by atoms with E-state index in [1.807, 2.05) is 5.38 Å². The van der Waals surface area contributed by atoms with Gasteiger partial charge in [0, 0.05) is 17.3 Å². The predicted octanol–water partition coefficient (Wildman–Crippen LogP) is 1.87. The van der Waals surface area contributed by atoms with Crippen LogP contribution in [-0.2, 0) is 17.6 Å². The summed E-state index contributed by atoms with van der Waals surface area (Å²) < 4.78 is 4.74. The molecule has 0 saturated heterocycles. The van der Waals surface area contributed by atoms with Gasteiger partial charge in [0.05, 0.1) is 7.11 Å². The van der Waals surface area contributed by atoms with Gasteiger partial charge in [0.15, 0.2) is 0 Å². The number of rotatable bonds is 2. The zero-order valence-corrected chi connectivity index (χ0v) is 13.4. The lowest BCUT2D eigenvalue weighted by Crippen LogP contribution is -2.29. The zero-order chi connectivity index (χ0) is 16.6. The smallest absolute Gasteiger partial charge is 0.348 e. The van der Waals surface area contributed by atoms with Crippen molar-refractivity contribution < 1.29 is 9.53 Å². The standard InChI is InChI=1S/C16H16N4O2S/c1-22-16(21)13-4-8(7-23-13)14-10-5-9(18)2-3-12(10)20-15(19)11(14)6-17/h4,7,9H,2-3,5,18H2,1H3,(H2,19,20). The molecule has 0 bridgehead atoms. The summed E-state index contributed by atoms with van der Waals surface area (Å²) in [4.78, 5) is 16.5. The Kier molecular flexibility index (Phi) is 4.03. The largest absolute Gasteiger partial charge is 0.465 e. The molecule has 1 aliphatic rings. The molecule has 3 rings (SSSR count). The van der Waals surface area contributed by atoms with Crippen LogP contribution in [0.1, 0.15) is 32.9 Å². The molecular weight excluding hydrogens is 312 g/mol. The minimum atomic E-state index is -0.396. The number of anilines is 1. The second kappa shape index (κ2) is 5.99. The van der Waals surface area contributed by atoms with Crippen LogP contribution in [0.15, 0.2) is 11.4 Å². The van der Waals surface area contributed by atoms with E-state index >= 15 is 0 Å². The third-order valence-corrected chi connectivity index (χ3v) is 4.93. The number of nitrogens with two attached hydrogens (primary N) is 2. The lowest BCUT2D eigenvalue weighted by atomic mass is 9.85. The van der Waals surface area contributed by atoms with Crippen molar-refractivity contribution in [3.63, 3.8) is 0 Å². The fraction of sp³-hybridized carbons (Fsp3) is 0.312. The second-order valence-electron chi connectivity index (χ2n) is 5.48. The van der Waals surface area contributed by atoms with E-state index in [-0.39, 0.29) is 11.9 Å². The van der Waals surface area contributed by atoms with Gasteiger partial charge < -0.3 is 16.2 Å². The van der Waals surface area contributed by atoms with E-state index in [0.29, 0.717) is 16.9 Å². The highest BCUT2D eigenvalue weighted by atomic mass is 32.1. The molecule has 0 amide bonds. The van der Waals surface area contributed by atoms with Crippen molar-refractivity contribution in [1.82, 2.24) is 4.98 Å². The molecular formula is C16H16N4O2S. The first kappa shape index (κ1) is 15.5. The molecule has 0 aromatic carbocycles. The van der Waals surface area contributed by atoms with Crippen molar-refractivity contribution in [1.29, 1.82) is 5.26 Å². The molecule has 0 fully saturated rings. The summed E-state index contributed by atoms with van der Waals surface area (Å²) in [7, 11) is 1.34. The first-order chi connectivity index (χ1) is 11.0. The Morgan fingerprint density at radius 2 is 2.35 bits per heavy atom. The molecule has 0 saturated carbocycles.